The van der Waals surface area contributed by atoms with Gasteiger partial charge in [-0.05, 0) is 37.1 Å². The number of thioether (sulfide) groups is 1. The Morgan fingerprint density at radius 1 is 1.46 bits per heavy atom. The number of pyridine rings is 1. The molecule has 0 aliphatic heterocycles. The van der Waals surface area contributed by atoms with Crippen molar-refractivity contribution in [2.24, 2.45) is 0 Å². The standard InChI is InChI=1S/C10H14ClNS/c1-13-10-9(5-2-3-7-11)6-4-8-12-10/h4,6,8H,2-3,5,7H2,1H3. The van der Waals surface area contributed by atoms with Crippen LogP contribution in [0.4, 0.5) is 0 Å². The number of unbranched alkanes of at least 4 members (excludes halogenated alkanes) is 1. The first-order valence-corrected chi connectivity index (χ1v) is 6.18. The third-order valence-corrected chi connectivity index (χ3v) is 2.89. The van der Waals surface area contributed by atoms with Gasteiger partial charge in [-0.25, -0.2) is 4.98 Å². The molecule has 13 heavy (non-hydrogen) atoms. The molecule has 0 atom stereocenters. The summed E-state index contributed by atoms with van der Waals surface area (Å²) in [6, 6.07) is 4.14. The zero-order valence-corrected chi connectivity index (χ0v) is 9.37. The number of aryl methyl sites for hydroxylation is 1. The minimum atomic E-state index is 0.759. The maximum Gasteiger partial charge on any atom is 0.0989 e. The maximum atomic E-state index is 5.62. The fourth-order valence-corrected chi connectivity index (χ4v) is 2.00. The third kappa shape index (κ3) is 3.57. The van der Waals surface area contributed by atoms with E-state index in [-0.39, 0.29) is 0 Å². The van der Waals surface area contributed by atoms with Gasteiger partial charge in [0, 0.05) is 12.1 Å². The van der Waals surface area contributed by atoms with Crippen LogP contribution in [0.15, 0.2) is 23.4 Å². The molecule has 0 aromatic carbocycles. The van der Waals surface area contributed by atoms with Crippen molar-refractivity contribution in [3.05, 3.63) is 23.9 Å². The lowest BCUT2D eigenvalue weighted by Crippen LogP contribution is -1.91. The summed E-state index contributed by atoms with van der Waals surface area (Å²) in [6.45, 7) is 0. The van der Waals surface area contributed by atoms with Crippen molar-refractivity contribution in [3.63, 3.8) is 0 Å². The van der Waals surface area contributed by atoms with E-state index >= 15 is 0 Å². The first kappa shape index (κ1) is 10.9. The Bertz CT molecular complexity index is 252. The van der Waals surface area contributed by atoms with Crippen LogP contribution in [0.5, 0.6) is 0 Å². The number of alkyl halides is 1. The average Bonchev–Trinajstić information content (AvgIpc) is 2.19. The lowest BCUT2D eigenvalue weighted by molar-refractivity contribution is 0.780. The van der Waals surface area contributed by atoms with Crippen LogP contribution >= 0.6 is 23.4 Å². The molecule has 0 saturated heterocycles. The molecule has 3 heteroatoms. The molecule has 72 valence electrons. The molecule has 0 unspecified atom stereocenters. The van der Waals surface area contributed by atoms with E-state index in [1.807, 2.05) is 12.3 Å². The average molecular weight is 216 g/mol. The Hall–Kier alpha value is -0.210. The second-order valence-electron chi connectivity index (χ2n) is 2.82. The van der Waals surface area contributed by atoms with E-state index in [0.717, 1.165) is 30.2 Å². The summed E-state index contributed by atoms with van der Waals surface area (Å²) in [5, 5.41) is 1.15. The van der Waals surface area contributed by atoms with Crippen molar-refractivity contribution in [1.82, 2.24) is 4.98 Å². The second-order valence-corrected chi connectivity index (χ2v) is 3.99. The van der Waals surface area contributed by atoms with E-state index in [0.29, 0.717) is 0 Å². The molecule has 0 aliphatic carbocycles. The zero-order valence-electron chi connectivity index (χ0n) is 7.79. The Morgan fingerprint density at radius 3 is 3.00 bits per heavy atom. The summed E-state index contributed by atoms with van der Waals surface area (Å²) in [5.41, 5.74) is 1.35. The van der Waals surface area contributed by atoms with Crippen molar-refractivity contribution >= 4 is 23.4 Å². The smallest absolute Gasteiger partial charge is 0.0989 e. The van der Waals surface area contributed by atoms with Crippen molar-refractivity contribution in [2.75, 3.05) is 12.1 Å². The number of nitrogens with zero attached hydrogens (tertiary/aromatic N) is 1. The van der Waals surface area contributed by atoms with Crippen LogP contribution in [0.2, 0.25) is 0 Å². The second kappa shape index (κ2) is 6.28. The summed E-state index contributed by atoms with van der Waals surface area (Å²) in [5.74, 6) is 0.759. The number of hydrogen-bond donors (Lipinski definition) is 0. The highest BCUT2D eigenvalue weighted by molar-refractivity contribution is 7.98. The van der Waals surface area contributed by atoms with Crippen molar-refractivity contribution in [3.8, 4) is 0 Å². The molecule has 0 radical (unpaired) electrons. The summed E-state index contributed by atoms with van der Waals surface area (Å²) in [4.78, 5) is 4.31. The Balaban J connectivity index is 2.54. The van der Waals surface area contributed by atoms with E-state index in [2.05, 4.69) is 17.3 Å². The maximum absolute atomic E-state index is 5.62. The minimum Gasteiger partial charge on any atom is -0.250 e. The number of rotatable bonds is 5. The number of hydrogen-bond acceptors (Lipinski definition) is 2. The van der Waals surface area contributed by atoms with Crippen LogP contribution in [0, 0.1) is 0 Å². The van der Waals surface area contributed by atoms with Crippen LogP contribution in [0.25, 0.3) is 0 Å². The molecule has 0 aliphatic rings. The summed E-state index contributed by atoms with van der Waals surface area (Å²) >= 11 is 7.33. The molecular weight excluding hydrogens is 202 g/mol. The molecule has 0 bridgehead atoms. The van der Waals surface area contributed by atoms with Crippen LogP contribution in [-0.2, 0) is 6.42 Å². The van der Waals surface area contributed by atoms with Gasteiger partial charge in [-0.3, -0.25) is 0 Å². The highest BCUT2D eigenvalue weighted by Crippen LogP contribution is 2.18. The third-order valence-electron chi connectivity index (χ3n) is 1.87. The van der Waals surface area contributed by atoms with Crippen molar-refractivity contribution in [1.29, 1.82) is 0 Å². The predicted molar refractivity (Wildman–Crippen MR) is 59.7 cm³/mol. The van der Waals surface area contributed by atoms with E-state index in [9.17, 15) is 0 Å². The number of aromatic nitrogens is 1. The largest absolute Gasteiger partial charge is 0.250 e. The molecule has 1 nitrogen and oxygen atoms in total. The fraction of sp³-hybridized carbons (Fsp3) is 0.500. The molecule has 1 heterocycles. The van der Waals surface area contributed by atoms with Crippen LogP contribution in [0.1, 0.15) is 18.4 Å². The monoisotopic (exact) mass is 215 g/mol. The minimum absolute atomic E-state index is 0.759. The summed E-state index contributed by atoms with van der Waals surface area (Å²) < 4.78 is 0. The van der Waals surface area contributed by atoms with Gasteiger partial charge in [0.1, 0.15) is 0 Å². The highest BCUT2D eigenvalue weighted by atomic mass is 35.5. The molecule has 0 spiro atoms. The summed E-state index contributed by atoms with van der Waals surface area (Å²) in [6.07, 6.45) is 7.24. The molecule has 1 aromatic rings. The van der Waals surface area contributed by atoms with Gasteiger partial charge in [-0.2, -0.15) is 0 Å². The van der Waals surface area contributed by atoms with Gasteiger partial charge in [0.2, 0.25) is 0 Å². The summed E-state index contributed by atoms with van der Waals surface area (Å²) in [7, 11) is 0. The van der Waals surface area contributed by atoms with Gasteiger partial charge < -0.3 is 0 Å². The van der Waals surface area contributed by atoms with E-state index < -0.39 is 0 Å². The van der Waals surface area contributed by atoms with Crippen LogP contribution in [-0.4, -0.2) is 17.1 Å². The van der Waals surface area contributed by atoms with Crippen LogP contribution in [0.3, 0.4) is 0 Å². The Labute approximate surface area is 88.9 Å². The van der Waals surface area contributed by atoms with Gasteiger partial charge >= 0.3 is 0 Å². The lowest BCUT2D eigenvalue weighted by atomic mass is 10.1. The molecule has 1 rings (SSSR count). The van der Waals surface area contributed by atoms with Gasteiger partial charge in [-0.1, -0.05) is 6.07 Å². The lowest BCUT2D eigenvalue weighted by Gasteiger charge is -2.04. The van der Waals surface area contributed by atoms with Crippen LogP contribution < -0.4 is 0 Å². The molecule has 1 aromatic heterocycles. The van der Waals surface area contributed by atoms with Gasteiger partial charge in [0.15, 0.2) is 0 Å². The van der Waals surface area contributed by atoms with Crippen molar-refractivity contribution in [2.45, 2.75) is 24.3 Å². The first-order chi connectivity index (χ1) is 6.38. The highest BCUT2D eigenvalue weighted by Gasteiger charge is 2.00. The zero-order chi connectivity index (χ0) is 9.52. The Morgan fingerprint density at radius 2 is 2.31 bits per heavy atom. The quantitative estimate of drug-likeness (QED) is 0.425. The first-order valence-electron chi connectivity index (χ1n) is 4.42. The van der Waals surface area contributed by atoms with Gasteiger partial charge in [0.25, 0.3) is 0 Å². The Kier molecular flexibility index (Phi) is 5.25. The number of halogens is 1. The van der Waals surface area contributed by atoms with Gasteiger partial charge in [0.05, 0.1) is 5.03 Å². The fourth-order valence-electron chi connectivity index (χ4n) is 1.21. The normalized spacial score (nSPS) is 10.3. The van der Waals surface area contributed by atoms with E-state index in [1.54, 1.807) is 11.8 Å². The van der Waals surface area contributed by atoms with Gasteiger partial charge in [-0.15, -0.1) is 23.4 Å². The molecule has 0 amide bonds. The molecule has 0 N–H and O–H groups in total. The topological polar surface area (TPSA) is 12.9 Å². The molecular formula is C10H14ClNS. The molecule has 0 saturated carbocycles. The van der Waals surface area contributed by atoms with Crippen molar-refractivity contribution < 1.29 is 0 Å². The van der Waals surface area contributed by atoms with E-state index in [1.165, 1.54) is 5.56 Å². The predicted octanol–water partition coefficient (Wildman–Crippen LogP) is 3.37. The SMILES string of the molecule is CSc1ncccc1CCCCCl. The molecule has 0 fully saturated rings. The van der Waals surface area contributed by atoms with E-state index in [4.69, 9.17) is 11.6 Å².